The van der Waals surface area contributed by atoms with E-state index >= 15 is 0 Å². The Balaban J connectivity index is 1.90. The van der Waals surface area contributed by atoms with E-state index in [1.54, 1.807) is 17.4 Å². The highest BCUT2D eigenvalue weighted by molar-refractivity contribution is 14.1. The summed E-state index contributed by atoms with van der Waals surface area (Å²) >= 11 is 3.75. The number of nitrogens with zero attached hydrogens (tertiary/aromatic N) is 1. The van der Waals surface area contributed by atoms with Crippen LogP contribution < -0.4 is 5.32 Å². The molecule has 1 aromatic carbocycles. The van der Waals surface area contributed by atoms with Gasteiger partial charge in [0.25, 0.3) is 5.91 Å². The largest absolute Gasteiger partial charge is 0.312 e. The summed E-state index contributed by atoms with van der Waals surface area (Å²) in [5.41, 5.74) is 2.42. The molecule has 3 nitrogen and oxygen atoms in total. The Labute approximate surface area is 147 Å². The summed E-state index contributed by atoms with van der Waals surface area (Å²) in [7, 11) is 0. The third-order valence-electron chi connectivity index (χ3n) is 3.94. The van der Waals surface area contributed by atoms with E-state index < -0.39 is 0 Å². The molecule has 1 aliphatic carbocycles. The van der Waals surface area contributed by atoms with Gasteiger partial charge in [-0.05, 0) is 71.5 Å². The summed E-state index contributed by atoms with van der Waals surface area (Å²) in [5.74, 6) is 0.499. The van der Waals surface area contributed by atoms with E-state index in [1.165, 1.54) is 4.88 Å². The minimum Gasteiger partial charge on any atom is -0.312 e. The molecule has 1 heterocycles. The molecule has 1 amide bonds. The van der Waals surface area contributed by atoms with Crippen molar-refractivity contribution in [3.8, 4) is 6.07 Å². The number of benzene rings is 1. The number of halogens is 1. The Morgan fingerprint density at radius 3 is 3.05 bits per heavy atom. The predicted molar refractivity (Wildman–Crippen MR) is 97.3 cm³/mol. The van der Waals surface area contributed by atoms with Crippen molar-refractivity contribution < 1.29 is 4.79 Å². The maximum Gasteiger partial charge on any atom is 0.256 e. The summed E-state index contributed by atoms with van der Waals surface area (Å²) in [6.07, 6.45) is 3.06. The monoisotopic (exact) mass is 422 g/mol. The van der Waals surface area contributed by atoms with Crippen molar-refractivity contribution in [3.05, 3.63) is 49.4 Å². The smallest absolute Gasteiger partial charge is 0.256 e. The average molecular weight is 422 g/mol. The number of fused-ring (bicyclic) bond motifs is 1. The number of nitrogens with one attached hydrogen (secondary N) is 1. The van der Waals surface area contributed by atoms with Crippen molar-refractivity contribution in [1.82, 2.24) is 0 Å². The Morgan fingerprint density at radius 2 is 2.32 bits per heavy atom. The lowest BCUT2D eigenvalue weighted by atomic mass is 9.88. The van der Waals surface area contributed by atoms with Crippen LogP contribution in [0.3, 0.4) is 0 Å². The van der Waals surface area contributed by atoms with Crippen LogP contribution in [0.1, 0.15) is 39.7 Å². The maximum absolute atomic E-state index is 12.4. The first-order valence-corrected chi connectivity index (χ1v) is 9.09. The van der Waals surface area contributed by atoms with Gasteiger partial charge < -0.3 is 5.32 Å². The fraction of sp³-hybridized carbons (Fsp3) is 0.294. The number of rotatable bonds is 2. The molecule has 0 unspecified atom stereocenters. The zero-order valence-electron chi connectivity index (χ0n) is 12.1. The summed E-state index contributed by atoms with van der Waals surface area (Å²) in [4.78, 5) is 13.7. The molecule has 3 rings (SSSR count). The fourth-order valence-corrected chi connectivity index (χ4v) is 4.66. The van der Waals surface area contributed by atoms with E-state index in [9.17, 15) is 10.1 Å². The van der Waals surface area contributed by atoms with Gasteiger partial charge in [0, 0.05) is 14.0 Å². The Bertz CT molecular complexity index is 775. The first-order chi connectivity index (χ1) is 10.6. The first-order valence-electron chi connectivity index (χ1n) is 7.20. The van der Waals surface area contributed by atoms with E-state index in [4.69, 9.17) is 0 Å². The summed E-state index contributed by atoms with van der Waals surface area (Å²) in [5, 5.41) is 13.1. The molecule has 0 spiro atoms. The summed E-state index contributed by atoms with van der Waals surface area (Å²) in [6, 6.07) is 9.73. The quantitative estimate of drug-likeness (QED) is 0.720. The number of amides is 1. The van der Waals surface area contributed by atoms with Crippen LogP contribution in [0.25, 0.3) is 0 Å². The highest BCUT2D eigenvalue weighted by Gasteiger charge is 2.24. The van der Waals surface area contributed by atoms with Crippen LogP contribution in [0.15, 0.2) is 24.3 Å². The van der Waals surface area contributed by atoms with Crippen molar-refractivity contribution in [2.24, 2.45) is 5.92 Å². The van der Waals surface area contributed by atoms with Gasteiger partial charge in [-0.2, -0.15) is 5.26 Å². The highest BCUT2D eigenvalue weighted by Crippen LogP contribution is 2.39. The number of hydrogen-bond donors (Lipinski definition) is 1. The van der Waals surface area contributed by atoms with Gasteiger partial charge in [0.1, 0.15) is 11.1 Å². The number of carbonyl (C=O) groups excluding carboxylic acids is 1. The lowest BCUT2D eigenvalue weighted by molar-refractivity contribution is 0.102. The van der Waals surface area contributed by atoms with Gasteiger partial charge in [-0.25, -0.2) is 0 Å². The average Bonchev–Trinajstić information content (AvgIpc) is 2.83. The van der Waals surface area contributed by atoms with Crippen molar-refractivity contribution in [1.29, 1.82) is 5.26 Å². The number of carbonyl (C=O) groups is 1. The SMILES string of the molecule is C[C@@H]1CCc2c(sc(NC(=O)c3cccc(I)c3)c2C#N)C1. The minimum absolute atomic E-state index is 0.151. The van der Waals surface area contributed by atoms with Crippen LogP contribution in [-0.4, -0.2) is 5.91 Å². The van der Waals surface area contributed by atoms with Gasteiger partial charge in [0.2, 0.25) is 0 Å². The second-order valence-corrected chi connectivity index (χ2v) is 7.98. The molecule has 0 radical (unpaired) electrons. The van der Waals surface area contributed by atoms with Gasteiger partial charge in [-0.1, -0.05) is 13.0 Å². The van der Waals surface area contributed by atoms with Gasteiger partial charge in [0.15, 0.2) is 0 Å². The predicted octanol–water partition coefficient (Wildman–Crippen LogP) is 4.60. The lowest BCUT2D eigenvalue weighted by Gasteiger charge is -2.17. The van der Waals surface area contributed by atoms with Crippen LogP contribution in [0, 0.1) is 20.8 Å². The van der Waals surface area contributed by atoms with Crippen molar-refractivity contribution in [2.75, 3.05) is 5.32 Å². The molecular weight excluding hydrogens is 407 g/mol. The number of hydrogen-bond acceptors (Lipinski definition) is 3. The second-order valence-electron chi connectivity index (χ2n) is 5.63. The number of nitriles is 1. The molecule has 1 aliphatic rings. The van der Waals surface area contributed by atoms with Gasteiger partial charge in [0.05, 0.1) is 5.56 Å². The van der Waals surface area contributed by atoms with E-state index in [0.717, 1.165) is 28.4 Å². The van der Waals surface area contributed by atoms with E-state index in [0.29, 0.717) is 22.0 Å². The molecule has 1 N–H and O–H groups in total. The standard InChI is InChI=1S/C17H15IN2OS/c1-10-5-6-13-14(9-19)17(22-15(13)7-10)20-16(21)11-3-2-4-12(18)8-11/h2-4,8,10H,5-7H2,1H3,(H,20,21)/t10-/m1/s1. The van der Waals surface area contributed by atoms with E-state index in [-0.39, 0.29) is 5.91 Å². The Hall–Kier alpha value is -1.39. The van der Waals surface area contributed by atoms with Crippen LogP contribution in [0.2, 0.25) is 0 Å². The van der Waals surface area contributed by atoms with Crippen molar-refractivity contribution in [2.45, 2.75) is 26.2 Å². The zero-order chi connectivity index (χ0) is 15.7. The van der Waals surface area contributed by atoms with Gasteiger partial charge in [-0.15, -0.1) is 11.3 Å². The van der Waals surface area contributed by atoms with Crippen LogP contribution in [-0.2, 0) is 12.8 Å². The molecule has 0 fully saturated rings. The first kappa shape index (κ1) is 15.5. The molecule has 22 heavy (non-hydrogen) atoms. The number of thiophene rings is 1. The molecule has 112 valence electrons. The number of anilines is 1. The minimum atomic E-state index is -0.151. The molecule has 0 bridgehead atoms. The molecule has 2 aromatic rings. The topological polar surface area (TPSA) is 52.9 Å². The van der Waals surface area contributed by atoms with Crippen LogP contribution in [0.4, 0.5) is 5.00 Å². The third-order valence-corrected chi connectivity index (χ3v) is 5.78. The molecule has 0 saturated carbocycles. The van der Waals surface area contributed by atoms with Gasteiger partial charge >= 0.3 is 0 Å². The maximum atomic E-state index is 12.4. The normalized spacial score (nSPS) is 16.7. The van der Waals surface area contributed by atoms with Crippen LogP contribution in [0.5, 0.6) is 0 Å². The summed E-state index contributed by atoms with van der Waals surface area (Å²) in [6.45, 7) is 2.23. The molecule has 0 saturated heterocycles. The highest BCUT2D eigenvalue weighted by atomic mass is 127. The molecular formula is C17H15IN2OS. The van der Waals surface area contributed by atoms with Crippen LogP contribution >= 0.6 is 33.9 Å². The van der Waals surface area contributed by atoms with Gasteiger partial charge in [-0.3, -0.25) is 4.79 Å². The lowest BCUT2D eigenvalue weighted by Crippen LogP contribution is -2.12. The molecule has 1 atom stereocenters. The molecule has 1 aromatic heterocycles. The molecule has 0 aliphatic heterocycles. The van der Waals surface area contributed by atoms with Crippen molar-refractivity contribution in [3.63, 3.8) is 0 Å². The van der Waals surface area contributed by atoms with Crippen molar-refractivity contribution >= 4 is 44.8 Å². The zero-order valence-corrected chi connectivity index (χ0v) is 15.1. The third kappa shape index (κ3) is 3.03. The second kappa shape index (κ2) is 6.39. The summed E-state index contributed by atoms with van der Waals surface area (Å²) < 4.78 is 1.02. The fourth-order valence-electron chi connectivity index (χ4n) is 2.76. The Morgan fingerprint density at radius 1 is 1.50 bits per heavy atom. The molecule has 5 heteroatoms. The van der Waals surface area contributed by atoms with E-state index in [1.807, 2.05) is 18.2 Å². The van der Waals surface area contributed by atoms with E-state index in [2.05, 4.69) is 40.9 Å². The Kier molecular flexibility index (Phi) is 4.50.